The molecule has 3 aromatic rings. The van der Waals surface area contributed by atoms with Gasteiger partial charge in [-0.1, -0.05) is 114 Å². The summed E-state index contributed by atoms with van der Waals surface area (Å²) >= 11 is 1.69. The van der Waals surface area contributed by atoms with Gasteiger partial charge in [-0.05, 0) is 87.5 Å². The Balaban J connectivity index is 1.48. The van der Waals surface area contributed by atoms with Gasteiger partial charge < -0.3 is 10.0 Å². The van der Waals surface area contributed by atoms with E-state index in [-0.39, 0.29) is 16.7 Å². The Morgan fingerprint density at radius 1 is 0.732 bits per heavy atom. The van der Waals surface area contributed by atoms with Crippen molar-refractivity contribution in [2.24, 2.45) is 5.41 Å². The molecule has 5 rings (SSSR count). The first kappa shape index (κ1) is 28.6. The summed E-state index contributed by atoms with van der Waals surface area (Å²) in [4.78, 5) is 1.23. The van der Waals surface area contributed by atoms with Crippen LogP contribution in [0.15, 0.2) is 137 Å². The lowest BCUT2D eigenvalue weighted by molar-refractivity contribution is 0.518. The van der Waals surface area contributed by atoms with Crippen LogP contribution < -0.4 is 10.0 Å². The molecule has 2 N–H and O–H groups in total. The van der Waals surface area contributed by atoms with Crippen molar-refractivity contribution in [2.75, 3.05) is 10.0 Å². The fourth-order valence-corrected chi connectivity index (χ4v) is 5.93. The van der Waals surface area contributed by atoms with Crippen LogP contribution in [0.3, 0.4) is 0 Å². The number of allylic oxidation sites excluding steroid dienone is 8. The first-order valence-corrected chi connectivity index (χ1v) is 15.1. The minimum absolute atomic E-state index is 0.0456. The third-order valence-corrected chi connectivity index (χ3v) is 8.41. The first-order valence-electron chi connectivity index (χ1n) is 14.3. The van der Waals surface area contributed by atoms with Crippen molar-refractivity contribution >= 4 is 23.3 Å². The summed E-state index contributed by atoms with van der Waals surface area (Å²) in [6.45, 7) is 13.4. The molecule has 0 saturated carbocycles. The standard InChI is InChI=1S/C38H40N2S/c1-37(2,3)28-15-11-16-30(24-21-28)39-35-20-10-9-17-33(35)34-19-12-18-32(27-13-7-8-14-27)36(34)41-40-31-25-22-29(23-26-31)38(4,5)6/h7-14,16-27,39-40H,1-6H3. The van der Waals surface area contributed by atoms with Crippen LogP contribution in [0, 0.1) is 5.41 Å². The van der Waals surface area contributed by atoms with E-state index in [1.54, 1.807) is 11.9 Å². The van der Waals surface area contributed by atoms with Gasteiger partial charge >= 0.3 is 0 Å². The maximum atomic E-state index is 3.70. The van der Waals surface area contributed by atoms with Gasteiger partial charge in [0.2, 0.25) is 0 Å². The van der Waals surface area contributed by atoms with Gasteiger partial charge in [0.1, 0.15) is 0 Å². The van der Waals surface area contributed by atoms with Gasteiger partial charge in [-0.3, -0.25) is 0 Å². The van der Waals surface area contributed by atoms with Crippen LogP contribution in [-0.2, 0) is 5.41 Å². The fourth-order valence-electron chi connectivity index (χ4n) is 4.96. The third kappa shape index (κ3) is 6.88. The summed E-state index contributed by atoms with van der Waals surface area (Å²) in [5, 5.41) is 3.70. The largest absolute Gasteiger partial charge is 0.355 e. The Kier molecular flexibility index (Phi) is 8.31. The van der Waals surface area contributed by atoms with Gasteiger partial charge in [0.15, 0.2) is 0 Å². The van der Waals surface area contributed by atoms with Crippen molar-refractivity contribution in [2.45, 2.75) is 57.8 Å². The minimum Gasteiger partial charge on any atom is -0.355 e. The van der Waals surface area contributed by atoms with Crippen molar-refractivity contribution in [1.82, 2.24) is 0 Å². The number of hydrogen-bond donors (Lipinski definition) is 2. The molecule has 41 heavy (non-hydrogen) atoms. The number of para-hydroxylation sites is 1. The van der Waals surface area contributed by atoms with E-state index in [1.165, 1.54) is 32.7 Å². The second kappa shape index (κ2) is 11.9. The molecule has 0 unspecified atom stereocenters. The molecule has 0 aromatic heterocycles. The Morgan fingerprint density at radius 2 is 1.44 bits per heavy atom. The van der Waals surface area contributed by atoms with Crippen LogP contribution in [-0.4, -0.2) is 0 Å². The molecule has 0 radical (unpaired) electrons. The number of hydrogen-bond acceptors (Lipinski definition) is 3. The molecule has 0 saturated heterocycles. The van der Waals surface area contributed by atoms with Crippen LogP contribution in [0.1, 0.15) is 58.6 Å². The lowest BCUT2D eigenvalue weighted by Crippen LogP contribution is -2.10. The van der Waals surface area contributed by atoms with Gasteiger partial charge in [-0.25, -0.2) is 0 Å². The first-order chi connectivity index (χ1) is 19.6. The third-order valence-electron chi connectivity index (χ3n) is 7.41. The molecule has 0 bridgehead atoms. The van der Waals surface area contributed by atoms with E-state index in [1.807, 2.05) is 6.08 Å². The molecule has 0 fully saturated rings. The second-order valence-electron chi connectivity index (χ2n) is 12.7. The second-order valence-corrected chi connectivity index (χ2v) is 13.5. The number of benzene rings is 3. The molecule has 208 valence electrons. The zero-order valence-electron chi connectivity index (χ0n) is 25.0. The Bertz CT molecular complexity index is 1580. The Morgan fingerprint density at radius 3 is 2.15 bits per heavy atom. The highest BCUT2D eigenvalue weighted by molar-refractivity contribution is 8.00. The van der Waals surface area contributed by atoms with Crippen molar-refractivity contribution < 1.29 is 0 Å². The molecule has 0 amide bonds. The molecule has 2 nitrogen and oxygen atoms in total. The average Bonchev–Trinajstić information content (AvgIpc) is 3.37. The molecule has 0 aliphatic heterocycles. The molecule has 0 spiro atoms. The predicted octanol–water partition coefficient (Wildman–Crippen LogP) is 11.0. The lowest BCUT2D eigenvalue weighted by atomic mass is 9.87. The molecular formula is C38H40N2S. The van der Waals surface area contributed by atoms with E-state index in [0.717, 1.165) is 17.1 Å². The zero-order valence-corrected chi connectivity index (χ0v) is 25.8. The van der Waals surface area contributed by atoms with Crippen molar-refractivity contribution in [3.63, 3.8) is 0 Å². The summed E-state index contributed by atoms with van der Waals surface area (Å²) in [6, 6.07) is 24.0. The highest BCUT2D eigenvalue weighted by atomic mass is 32.2. The molecule has 2 aliphatic rings. The maximum absolute atomic E-state index is 3.70. The molecular weight excluding hydrogens is 516 g/mol. The van der Waals surface area contributed by atoms with Crippen LogP contribution in [0.4, 0.5) is 11.4 Å². The molecule has 0 heterocycles. The van der Waals surface area contributed by atoms with E-state index in [9.17, 15) is 0 Å². The summed E-state index contributed by atoms with van der Waals surface area (Å²) in [5.41, 5.74) is 13.0. The summed E-state index contributed by atoms with van der Waals surface area (Å²) in [5.74, 6) is 0.252. The Labute approximate surface area is 250 Å². The zero-order chi connectivity index (χ0) is 29.0. The van der Waals surface area contributed by atoms with E-state index in [2.05, 4.69) is 167 Å². The smallest absolute Gasteiger partial charge is 0.0464 e. The lowest BCUT2D eigenvalue weighted by Gasteiger charge is -2.21. The molecule has 0 atom stereocenters. The van der Waals surface area contributed by atoms with E-state index in [0.29, 0.717) is 0 Å². The quantitative estimate of drug-likeness (QED) is 0.223. The highest BCUT2D eigenvalue weighted by Gasteiger charge is 2.20. The van der Waals surface area contributed by atoms with Gasteiger partial charge in [-0.15, -0.1) is 5.73 Å². The summed E-state index contributed by atoms with van der Waals surface area (Å²) in [6.07, 6.45) is 17.2. The van der Waals surface area contributed by atoms with Crippen LogP contribution >= 0.6 is 11.9 Å². The molecule has 3 heteroatoms. The summed E-state index contributed by atoms with van der Waals surface area (Å²) < 4.78 is 3.65. The summed E-state index contributed by atoms with van der Waals surface area (Å²) in [7, 11) is 0. The van der Waals surface area contributed by atoms with E-state index < -0.39 is 0 Å². The molecule has 3 aromatic carbocycles. The van der Waals surface area contributed by atoms with Crippen molar-refractivity contribution in [3.8, 4) is 11.1 Å². The normalized spacial score (nSPS) is 15.1. The SMILES string of the molecule is CC(C)(C)C1=C=CC=C(Nc2ccccc2-c2cccc(C3C=CC=C3)c2SNc2ccc(C(C)(C)C)cc2)C=C1. The van der Waals surface area contributed by atoms with Gasteiger partial charge in [0, 0.05) is 33.4 Å². The van der Waals surface area contributed by atoms with Crippen LogP contribution in [0.25, 0.3) is 11.1 Å². The average molecular weight is 557 g/mol. The van der Waals surface area contributed by atoms with E-state index in [4.69, 9.17) is 0 Å². The van der Waals surface area contributed by atoms with Crippen LogP contribution in [0.2, 0.25) is 0 Å². The number of anilines is 2. The van der Waals surface area contributed by atoms with Gasteiger partial charge in [-0.2, -0.15) is 0 Å². The number of rotatable bonds is 7. The monoisotopic (exact) mass is 556 g/mol. The highest BCUT2D eigenvalue weighted by Crippen LogP contribution is 2.42. The van der Waals surface area contributed by atoms with E-state index >= 15 is 0 Å². The molecule has 2 aliphatic carbocycles. The van der Waals surface area contributed by atoms with Crippen LogP contribution in [0.5, 0.6) is 0 Å². The van der Waals surface area contributed by atoms with Gasteiger partial charge in [0.25, 0.3) is 0 Å². The van der Waals surface area contributed by atoms with Crippen molar-refractivity contribution in [1.29, 1.82) is 0 Å². The Hall–Kier alpha value is -3.91. The minimum atomic E-state index is 0.0456. The fraction of sp³-hybridized carbons (Fsp3) is 0.237. The topological polar surface area (TPSA) is 24.1 Å². The predicted molar refractivity (Wildman–Crippen MR) is 179 cm³/mol. The number of nitrogens with one attached hydrogen (secondary N) is 2. The van der Waals surface area contributed by atoms with Gasteiger partial charge in [0.05, 0.1) is 0 Å². The van der Waals surface area contributed by atoms with Crippen molar-refractivity contribution in [3.05, 3.63) is 143 Å². The maximum Gasteiger partial charge on any atom is 0.0464 e.